The average Bonchev–Trinajstić information content (AvgIpc) is 2.87. The van der Waals surface area contributed by atoms with Gasteiger partial charge in [0.15, 0.2) is 0 Å². The lowest BCUT2D eigenvalue weighted by Crippen LogP contribution is -2.38. The quantitative estimate of drug-likeness (QED) is 0.510. The lowest BCUT2D eigenvalue weighted by Gasteiger charge is -2.34. The SMILES string of the molecule is CCOC(=O)C1=C(C)N(Cc2cccc(C(=O)N3CCCCC3)c2)C(=O)CC1c1ccc(Cl)cc1. The zero-order valence-electron chi connectivity index (χ0n) is 20.3. The van der Waals surface area contributed by atoms with Crippen molar-refractivity contribution in [1.82, 2.24) is 9.80 Å². The van der Waals surface area contributed by atoms with Gasteiger partial charge in [0.05, 0.1) is 18.7 Å². The number of hydrogen-bond acceptors (Lipinski definition) is 4. The number of benzene rings is 2. The molecule has 7 heteroatoms. The molecule has 4 rings (SSSR count). The Morgan fingerprint density at radius 2 is 1.77 bits per heavy atom. The molecular formula is C28H31ClN2O4. The molecule has 0 bridgehead atoms. The fourth-order valence-electron chi connectivity index (χ4n) is 4.92. The van der Waals surface area contributed by atoms with Crippen molar-refractivity contribution in [1.29, 1.82) is 0 Å². The van der Waals surface area contributed by atoms with Crippen molar-refractivity contribution in [2.45, 2.75) is 52.0 Å². The molecule has 2 heterocycles. The number of allylic oxidation sites excluding steroid dienone is 1. The molecule has 1 atom stereocenters. The fourth-order valence-corrected chi connectivity index (χ4v) is 5.05. The summed E-state index contributed by atoms with van der Waals surface area (Å²) < 4.78 is 5.37. The van der Waals surface area contributed by atoms with Gasteiger partial charge in [0.1, 0.15) is 0 Å². The van der Waals surface area contributed by atoms with E-state index in [0.717, 1.165) is 43.5 Å². The highest BCUT2D eigenvalue weighted by Gasteiger charge is 2.37. The number of halogens is 1. The standard InChI is InChI=1S/C28H31ClN2O4/c1-3-35-28(34)26-19(2)31(25(32)17-24(26)21-10-12-23(29)13-11-21)18-20-8-7-9-22(16-20)27(33)30-14-5-4-6-15-30/h7-13,16,24H,3-6,14-15,17-18H2,1-2H3. The number of carbonyl (C=O) groups excluding carboxylic acids is 3. The molecule has 0 N–H and O–H groups in total. The van der Waals surface area contributed by atoms with Crippen molar-refractivity contribution in [3.63, 3.8) is 0 Å². The van der Waals surface area contributed by atoms with Crippen LogP contribution in [0, 0.1) is 0 Å². The number of carbonyl (C=O) groups is 3. The van der Waals surface area contributed by atoms with Crippen LogP contribution in [0.1, 0.15) is 66.9 Å². The molecule has 0 spiro atoms. The number of ether oxygens (including phenoxy) is 1. The van der Waals surface area contributed by atoms with Crippen LogP contribution in [-0.4, -0.2) is 47.3 Å². The van der Waals surface area contributed by atoms with Gasteiger partial charge in [-0.25, -0.2) is 4.79 Å². The predicted octanol–water partition coefficient (Wildman–Crippen LogP) is 5.32. The third-order valence-electron chi connectivity index (χ3n) is 6.75. The Bertz CT molecular complexity index is 1140. The minimum atomic E-state index is -0.420. The van der Waals surface area contributed by atoms with E-state index in [9.17, 15) is 14.4 Å². The zero-order chi connectivity index (χ0) is 24.9. The normalized spacial score (nSPS) is 18.6. The van der Waals surface area contributed by atoms with Gasteiger partial charge in [-0.15, -0.1) is 0 Å². The topological polar surface area (TPSA) is 66.9 Å². The van der Waals surface area contributed by atoms with Crippen LogP contribution in [-0.2, 0) is 20.9 Å². The molecule has 184 valence electrons. The first-order valence-electron chi connectivity index (χ1n) is 12.2. The van der Waals surface area contributed by atoms with Crippen molar-refractivity contribution < 1.29 is 19.1 Å². The van der Waals surface area contributed by atoms with Crippen LogP contribution < -0.4 is 0 Å². The number of hydrogen-bond donors (Lipinski definition) is 0. The number of amides is 2. The van der Waals surface area contributed by atoms with Crippen molar-refractivity contribution in [2.75, 3.05) is 19.7 Å². The Labute approximate surface area is 211 Å². The summed E-state index contributed by atoms with van der Waals surface area (Å²) >= 11 is 6.05. The largest absolute Gasteiger partial charge is 0.463 e. The molecule has 2 aliphatic heterocycles. The van der Waals surface area contributed by atoms with E-state index in [4.69, 9.17) is 16.3 Å². The number of esters is 1. The second kappa shape index (κ2) is 11.1. The molecule has 1 fully saturated rings. The Morgan fingerprint density at radius 3 is 2.46 bits per heavy atom. The first kappa shape index (κ1) is 25.0. The lowest BCUT2D eigenvalue weighted by atomic mass is 9.83. The maximum Gasteiger partial charge on any atom is 0.336 e. The summed E-state index contributed by atoms with van der Waals surface area (Å²) in [5, 5.41) is 0.592. The van der Waals surface area contributed by atoms with Crippen LogP contribution in [0.5, 0.6) is 0 Å². The van der Waals surface area contributed by atoms with Gasteiger partial charge in [-0.3, -0.25) is 9.59 Å². The summed E-state index contributed by atoms with van der Waals surface area (Å²) in [4.78, 5) is 42.8. The maximum atomic E-state index is 13.3. The molecule has 6 nitrogen and oxygen atoms in total. The van der Waals surface area contributed by atoms with Crippen molar-refractivity contribution >= 4 is 29.4 Å². The minimum absolute atomic E-state index is 0.0267. The second-order valence-electron chi connectivity index (χ2n) is 9.06. The monoisotopic (exact) mass is 494 g/mol. The van der Waals surface area contributed by atoms with Crippen LogP contribution >= 0.6 is 11.6 Å². The summed E-state index contributed by atoms with van der Waals surface area (Å²) in [6.45, 7) is 5.64. The highest BCUT2D eigenvalue weighted by atomic mass is 35.5. The second-order valence-corrected chi connectivity index (χ2v) is 9.50. The van der Waals surface area contributed by atoms with Gasteiger partial charge in [-0.2, -0.15) is 0 Å². The van der Waals surface area contributed by atoms with E-state index in [0.29, 0.717) is 21.9 Å². The first-order valence-corrected chi connectivity index (χ1v) is 12.6. The molecule has 35 heavy (non-hydrogen) atoms. The Morgan fingerprint density at radius 1 is 1.06 bits per heavy atom. The van der Waals surface area contributed by atoms with E-state index in [1.807, 2.05) is 41.3 Å². The van der Waals surface area contributed by atoms with E-state index < -0.39 is 11.9 Å². The predicted molar refractivity (Wildman–Crippen MR) is 135 cm³/mol. The van der Waals surface area contributed by atoms with Gasteiger partial charge in [0.25, 0.3) is 5.91 Å². The summed E-state index contributed by atoms with van der Waals surface area (Å²) in [5.74, 6) is -0.874. The van der Waals surface area contributed by atoms with Gasteiger partial charge >= 0.3 is 5.97 Å². The summed E-state index contributed by atoms with van der Waals surface area (Å²) in [5.41, 5.74) is 3.37. The average molecular weight is 495 g/mol. The van der Waals surface area contributed by atoms with Crippen LogP contribution in [0.15, 0.2) is 59.8 Å². The molecule has 0 aromatic heterocycles. The van der Waals surface area contributed by atoms with Crippen LogP contribution in [0.2, 0.25) is 5.02 Å². The summed E-state index contributed by atoms with van der Waals surface area (Å²) in [6.07, 6.45) is 3.37. The zero-order valence-corrected chi connectivity index (χ0v) is 21.0. The molecule has 0 radical (unpaired) electrons. The molecule has 2 aromatic rings. The Balaban J connectivity index is 1.63. The Kier molecular flexibility index (Phi) is 7.91. The van der Waals surface area contributed by atoms with E-state index in [1.165, 1.54) is 0 Å². The third kappa shape index (κ3) is 5.59. The molecule has 2 aliphatic rings. The molecule has 0 saturated carbocycles. The lowest BCUT2D eigenvalue weighted by molar-refractivity contribution is -0.140. The van der Waals surface area contributed by atoms with Gasteiger partial charge in [-0.05, 0) is 68.5 Å². The van der Waals surface area contributed by atoms with Gasteiger partial charge in [-0.1, -0.05) is 35.9 Å². The molecular weight excluding hydrogens is 464 g/mol. The number of rotatable bonds is 6. The van der Waals surface area contributed by atoms with E-state index in [2.05, 4.69) is 0 Å². The first-order chi connectivity index (χ1) is 16.9. The third-order valence-corrected chi connectivity index (χ3v) is 7.00. The smallest absolute Gasteiger partial charge is 0.336 e. The van der Waals surface area contributed by atoms with Gasteiger partial charge in [0, 0.05) is 41.7 Å². The van der Waals surface area contributed by atoms with Crippen molar-refractivity contribution in [2.24, 2.45) is 0 Å². The molecule has 1 unspecified atom stereocenters. The number of likely N-dealkylation sites (tertiary alicyclic amines) is 1. The van der Waals surface area contributed by atoms with Gasteiger partial charge in [0.2, 0.25) is 5.91 Å². The highest BCUT2D eigenvalue weighted by Crippen LogP contribution is 2.38. The number of nitrogens with zero attached hydrogens (tertiary/aromatic N) is 2. The molecule has 1 saturated heterocycles. The van der Waals surface area contributed by atoms with Crippen LogP contribution in [0.3, 0.4) is 0 Å². The van der Waals surface area contributed by atoms with Gasteiger partial charge < -0.3 is 14.5 Å². The number of piperidine rings is 1. The molecule has 0 aliphatic carbocycles. The fraction of sp³-hybridized carbons (Fsp3) is 0.393. The van der Waals surface area contributed by atoms with E-state index in [1.54, 1.807) is 30.9 Å². The minimum Gasteiger partial charge on any atom is -0.463 e. The maximum absolute atomic E-state index is 13.3. The van der Waals surface area contributed by atoms with Crippen molar-refractivity contribution in [3.8, 4) is 0 Å². The van der Waals surface area contributed by atoms with E-state index in [-0.39, 0.29) is 31.4 Å². The van der Waals surface area contributed by atoms with Crippen molar-refractivity contribution in [3.05, 3.63) is 81.5 Å². The molecule has 2 aromatic carbocycles. The summed E-state index contributed by atoms with van der Waals surface area (Å²) in [7, 11) is 0. The Hall–Kier alpha value is -3.12. The van der Waals surface area contributed by atoms with Crippen LogP contribution in [0.4, 0.5) is 0 Å². The highest BCUT2D eigenvalue weighted by molar-refractivity contribution is 6.30. The molecule has 2 amide bonds. The van der Waals surface area contributed by atoms with E-state index >= 15 is 0 Å². The summed E-state index contributed by atoms with van der Waals surface area (Å²) in [6, 6.07) is 14.6. The van der Waals surface area contributed by atoms with Crippen LogP contribution in [0.25, 0.3) is 0 Å².